The lowest BCUT2D eigenvalue weighted by molar-refractivity contribution is -0.131. The number of nitrogens with one attached hydrogen (secondary N) is 1. The summed E-state index contributed by atoms with van der Waals surface area (Å²) in [5.74, 6) is 0.180. The Morgan fingerprint density at radius 3 is 2.53 bits per heavy atom. The van der Waals surface area contributed by atoms with Crippen molar-refractivity contribution >= 4 is 34.2 Å². The van der Waals surface area contributed by atoms with Gasteiger partial charge in [0, 0.05) is 30.0 Å². The Bertz CT molecular complexity index is 1120. The Morgan fingerprint density at radius 2 is 1.83 bits per heavy atom. The molecule has 156 valence electrons. The topological polar surface area (TPSA) is 83.1 Å². The van der Waals surface area contributed by atoms with Gasteiger partial charge in [0.1, 0.15) is 5.82 Å². The van der Waals surface area contributed by atoms with Crippen LogP contribution in [0, 0.1) is 6.92 Å². The minimum atomic E-state index is -0.273. The van der Waals surface area contributed by atoms with E-state index in [1.165, 1.54) is 0 Å². The molecule has 0 aliphatic heterocycles. The van der Waals surface area contributed by atoms with E-state index in [0.717, 1.165) is 12.0 Å². The van der Waals surface area contributed by atoms with E-state index in [2.05, 4.69) is 9.97 Å². The van der Waals surface area contributed by atoms with Crippen molar-refractivity contribution in [1.82, 2.24) is 14.9 Å². The third kappa shape index (κ3) is 5.33. The van der Waals surface area contributed by atoms with Gasteiger partial charge < -0.3 is 9.88 Å². The first-order valence-electron chi connectivity index (χ1n) is 9.93. The standard InChI is InChI=1S/C23H24ClN3O3/c1-3-12-27(22(29)11-10-20(28)16-6-4-15(2)5-7-16)14-21-25-19-13-17(24)8-9-18(19)23(30)26-21/h4-9,13H,3,10-12,14H2,1-2H3,(H,25,26,30). The number of Topliss-reactive ketones (excluding diaryl/α,β-unsaturated/α-hetero) is 1. The molecule has 6 nitrogen and oxygen atoms in total. The summed E-state index contributed by atoms with van der Waals surface area (Å²) in [7, 11) is 0. The number of aromatic amines is 1. The lowest BCUT2D eigenvalue weighted by Gasteiger charge is -2.21. The number of carbonyl (C=O) groups is 2. The molecule has 1 amide bonds. The molecule has 0 spiro atoms. The molecule has 7 heteroatoms. The molecule has 0 atom stereocenters. The van der Waals surface area contributed by atoms with Crippen molar-refractivity contribution in [2.45, 2.75) is 39.7 Å². The summed E-state index contributed by atoms with van der Waals surface area (Å²) in [6, 6.07) is 12.2. The highest BCUT2D eigenvalue weighted by Crippen LogP contribution is 2.15. The van der Waals surface area contributed by atoms with Crippen molar-refractivity contribution in [2.24, 2.45) is 0 Å². The van der Waals surface area contributed by atoms with Crippen LogP contribution in [0.3, 0.4) is 0 Å². The van der Waals surface area contributed by atoms with Gasteiger partial charge in [-0.1, -0.05) is 48.4 Å². The van der Waals surface area contributed by atoms with Crippen LogP contribution in [-0.4, -0.2) is 33.1 Å². The first-order valence-corrected chi connectivity index (χ1v) is 10.3. The Balaban J connectivity index is 1.71. The molecule has 0 saturated heterocycles. The van der Waals surface area contributed by atoms with E-state index in [0.29, 0.717) is 33.9 Å². The predicted octanol–water partition coefficient (Wildman–Crippen LogP) is 4.29. The maximum atomic E-state index is 12.8. The third-order valence-corrected chi connectivity index (χ3v) is 5.08. The summed E-state index contributed by atoms with van der Waals surface area (Å²) in [6.07, 6.45) is 0.997. The maximum absolute atomic E-state index is 12.8. The second-order valence-electron chi connectivity index (χ2n) is 7.28. The number of H-pyrrole nitrogens is 1. The fourth-order valence-corrected chi connectivity index (χ4v) is 3.41. The van der Waals surface area contributed by atoms with Crippen LogP contribution in [0.15, 0.2) is 47.3 Å². The van der Waals surface area contributed by atoms with E-state index in [1.54, 1.807) is 35.2 Å². The van der Waals surface area contributed by atoms with Crippen molar-refractivity contribution in [3.05, 3.63) is 74.8 Å². The number of halogens is 1. The lowest BCUT2D eigenvalue weighted by atomic mass is 10.0. The van der Waals surface area contributed by atoms with Gasteiger partial charge in [-0.3, -0.25) is 14.4 Å². The number of carbonyl (C=O) groups excluding carboxylic acids is 2. The molecule has 0 aliphatic rings. The van der Waals surface area contributed by atoms with E-state index >= 15 is 0 Å². The molecule has 1 heterocycles. The number of nitrogens with zero attached hydrogens (tertiary/aromatic N) is 2. The molecule has 0 fully saturated rings. The number of hydrogen-bond acceptors (Lipinski definition) is 4. The summed E-state index contributed by atoms with van der Waals surface area (Å²) in [5.41, 5.74) is 1.90. The number of aryl methyl sites for hydroxylation is 1. The second kappa shape index (κ2) is 9.67. The number of hydrogen-bond donors (Lipinski definition) is 1. The average molecular weight is 426 g/mol. The average Bonchev–Trinajstić information content (AvgIpc) is 2.71. The first-order chi connectivity index (χ1) is 14.4. The van der Waals surface area contributed by atoms with E-state index in [4.69, 9.17) is 11.6 Å². The second-order valence-corrected chi connectivity index (χ2v) is 7.72. The monoisotopic (exact) mass is 425 g/mol. The van der Waals surface area contributed by atoms with Gasteiger partial charge in [-0.15, -0.1) is 0 Å². The smallest absolute Gasteiger partial charge is 0.258 e. The van der Waals surface area contributed by atoms with Crippen LogP contribution < -0.4 is 5.56 Å². The largest absolute Gasteiger partial charge is 0.335 e. The SMILES string of the molecule is CCCN(Cc1nc2cc(Cl)ccc2c(=O)[nH]1)C(=O)CCC(=O)c1ccc(C)cc1. The molecular weight excluding hydrogens is 402 g/mol. The minimum absolute atomic E-state index is 0.0633. The number of aromatic nitrogens is 2. The Labute approximate surface area is 179 Å². The third-order valence-electron chi connectivity index (χ3n) is 4.84. The molecule has 0 unspecified atom stereocenters. The van der Waals surface area contributed by atoms with Crippen molar-refractivity contribution in [3.63, 3.8) is 0 Å². The van der Waals surface area contributed by atoms with Gasteiger partial charge in [0.15, 0.2) is 5.78 Å². The van der Waals surface area contributed by atoms with Crippen LogP contribution >= 0.6 is 11.6 Å². The Hall–Kier alpha value is -2.99. The molecule has 2 aromatic carbocycles. The quantitative estimate of drug-likeness (QED) is 0.546. The fourth-order valence-electron chi connectivity index (χ4n) is 3.24. The van der Waals surface area contributed by atoms with Crippen molar-refractivity contribution in [3.8, 4) is 0 Å². The van der Waals surface area contributed by atoms with Crippen LogP contribution in [0.25, 0.3) is 10.9 Å². The zero-order chi connectivity index (χ0) is 21.7. The van der Waals surface area contributed by atoms with Crippen LogP contribution in [0.2, 0.25) is 5.02 Å². The molecule has 0 bridgehead atoms. The molecule has 0 radical (unpaired) electrons. The lowest BCUT2D eigenvalue weighted by Crippen LogP contribution is -2.33. The molecule has 30 heavy (non-hydrogen) atoms. The molecule has 1 N–H and O–H groups in total. The zero-order valence-electron chi connectivity index (χ0n) is 17.1. The predicted molar refractivity (Wildman–Crippen MR) is 118 cm³/mol. The van der Waals surface area contributed by atoms with E-state index in [1.807, 2.05) is 26.0 Å². The van der Waals surface area contributed by atoms with E-state index in [-0.39, 0.29) is 36.6 Å². The van der Waals surface area contributed by atoms with Crippen LogP contribution in [-0.2, 0) is 11.3 Å². The number of fused-ring (bicyclic) bond motifs is 1. The molecular formula is C23H24ClN3O3. The Morgan fingerprint density at radius 1 is 1.10 bits per heavy atom. The van der Waals surface area contributed by atoms with Crippen molar-refractivity contribution in [1.29, 1.82) is 0 Å². The number of amides is 1. The van der Waals surface area contributed by atoms with Crippen molar-refractivity contribution in [2.75, 3.05) is 6.54 Å². The highest BCUT2D eigenvalue weighted by Gasteiger charge is 2.17. The molecule has 0 aliphatic carbocycles. The van der Waals surface area contributed by atoms with Crippen molar-refractivity contribution < 1.29 is 9.59 Å². The molecule has 1 aromatic heterocycles. The summed E-state index contributed by atoms with van der Waals surface area (Å²) in [4.78, 5) is 46.3. The zero-order valence-corrected chi connectivity index (χ0v) is 17.8. The van der Waals surface area contributed by atoms with Crippen LogP contribution in [0.5, 0.6) is 0 Å². The van der Waals surface area contributed by atoms with E-state index in [9.17, 15) is 14.4 Å². The molecule has 3 aromatic rings. The normalized spacial score (nSPS) is 10.9. The highest BCUT2D eigenvalue weighted by molar-refractivity contribution is 6.31. The minimum Gasteiger partial charge on any atom is -0.335 e. The maximum Gasteiger partial charge on any atom is 0.258 e. The van der Waals surface area contributed by atoms with Gasteiger partial charge in [-0.2, -0.15) is 0 Å². The number of benzene rings is 2. The highest BCUT2D eigenvalue weighted by atomic mass is 35.5. The molecule has 0 saturated carbocycles. The Kier molecular flexibility index (Phi) is 7.00. The fraction of sp³-hybridized carbons (Fsp3) is 0.304. The van der Waals surface area contributed by atoms with Gasteiger partial charge in [-0.25, -0.2) is 4.98 Å². The van der Waals surface area contributed by atoms with Gasteiger partial charge in [0.25, 0.3) is 5.56 Å². The molecule has 3 rings (SSSR count). The number of ketones is 1. The number of rotatable bonds is 8. The summed E-state index contributed by atoms with van der Waals surface area (Å²) in [5, 5.41) is 0.933. The van der Waals surface area contributed by atoms with Crippen LogP contribution in [0.1, 0.15) is 47.9 Å². The van der Waals surface area contributed by atoms with Gasteiger partial charge in [0.2, 0.25) is 5.91 Å². The van der Waals surface area contributed by atoms with Crippen LogP contribution in [0.4, 0.5) is 0 Å². The summed E-state index contributed by atoms with van der Waals surface area (Å²) in [6.45, 7) is 4.60. The summed E-state index contributed by atoms with van der Waals surface area (Å²) >= 11 is 6.01. The van der Waals surface area contributed by atoms with Gasteiger partial charge in [-0.05, 0) is 31.5 Å². The van der Waals surface area contributed by atoms with Gasteiger partial charge in [0.05, 0.1) is 17.4 Å². The van der Waals surface area contributed by atoms with Gasteiger partial charge >= 0.3 is 0 Å². The summed E-state index contributed by atoms with van der Waals surface area (Å²) < 4.78 is 0. The van der Waals surface area contributed by atoms with E-state index < -0.39 is 0 Å². The first kappa shape index (κ1) is 21.7.